The monoisotopic (exact) mass is 476 g/mol. The van der Waals surface area contributed by atoms with Crippen LogP contribution in [0.5, 0.6) is 5.75 Å². The molecule has 0 aliphatic carbocycles. The Bertz CT molecular complexity index is 738. The summed E-state index contributed by atoms with van der Waals surface area (Å²) in [4.78, 5) is 2.55. The predicted octanol–water partition coefficient (Wildman–Crippen LogP) is 6.48. The van der Waals surface area contributed by atoms with Crippen LogP contribution in [0, 0.1) is 11.7 Å². The molecule has 1 aliphatic rings. The predicted molar refractivity (Wildman–Crippen MR) is 129 cm³/mol. The summed E-state index contributed by atoms with van der Waals surface area (Å²) in [6, 6.07) is 12.8. The Hall–Kier alpha value is -1.20. The second-order valence-electron chi connectivity index (χ2n) is 7.47. The van der Waals surface area contributed by atoms with Crippen molar-refractivity contribution >= 4 is 42.1 Å². The van der Waals surface area contributed by atoms with E-state index in [4.69, 9.17) is 16.3 Å². The Balaban J connectivity index is 0.00000225. The van der Waals surface area contributed by atoms with Crippen LogP contribution in [-0.2, 0) is 6.42 Å². The van der Waals surface area contributed by atoms with Crippen molar-refractivity contribution in [1.82, 2.24) is 4.90 Å². The van der Waals surface area contributed by atoms with E-state index in [0.29, 0.717) is 17.5 Å². The van der Waals surface area contributed by atoms with E-state index >= 15 is 0 Å². The summed E-state index contributed by atoms with van der Waals surface area (Å²) >= 11 is 6.23. The molecule has 7 heteroatoms. The summed E-state index contributed by atoms with van der Waals surface area (Å²) in [6.07, 6.45) is 4.61. The molecule has 0 saturated carbocycles. The van der Waals surface area contributed by atoms with E-state index in [1.165, 1.54) is 18.4 Å². The molecule has 0 atom stereocenters. The van der Waals surface area contributed by atoms with Crippen LogP contribution in [0.4, 0.5) is 10.1 Å². The van der Waals surface area contributed by atoms with Gasteiger partial charge in [-0.15, -0.1) is 24.8 Å². The zero-order chi connectivity index (χ0) is 19.8. The molecular formula is C23H32Cl3FN2O. The molecule has 168 valence electrons. The maximum absolute atomic E-state index is 13.0. The van der Waals surface area contributed by atoms with Gasteiger partial charge in [-0.05, 0) is 94.1 Å². The first-order valence-electron chi connectivity index (χ1n) is 10.3. The van der Waals surface area contributed by atoms with Crippen molar-refractivity contribution in [1.29, 1.82) is 0 Å². The number of piperidine rings is 1. The molecular weight excluding hydrogens is 446 g/mol. The van der Waals surface area contributed by atoms with Crippen molar-refractivity contribution in [3.05, 3.63) is 58.9 Å². The lowest BCUT2D eigenvalue weighted by Crippen LogP contribution is -2.35. The van der Waals surface area contributed by atoms with Gasteiger partial charge in [0.05, 0.1) is 11.6 Å². The zero-order valence-electron chi connectivity index (χ0n) is 17.4. The van der Waals surface area contributed by atoms with E-state index in [9.17, 15) is 4.39 Å². The van der Waals surface area contributed by atoms with Gasteiger partial charge < -0.3 is 15.0 Å². The molecule has 3 rings (SSSR count). The first-order valence-corrected chi connectivity index (χ1v) is 10.6. The van der Waals surface area contributed by atoms with Crippen molar-refractivity contribution in [2.75, 3.05) is 38.1 Å². The second-order valence-corrected chi connectivity index (χ2v) is 7.88. The number of nitrogens with zero attached hydrogens (tertiary/aromatic N) is 1. The molecule has 1 heterocycles. The van der Waals surface area contributed by atoms with Crippen molar-refractivity contribution in [2.24, 2.45) is 5.92 Å². The number of halogens is 4. The van der Waals surface area contributed by atoms with Gasteiger partial charge >= 0.3 is 0 Å². The first-order chi connectivity index (χ1) is 13.6. The number of hydrogen-bond acceptors (Lipinski definition) is 3. The summed E-state index contributed by atoms with van der Waals surface area (Å²) in [5, 5.41) is 4.09. The normalized spacial score (nSPS) is 14.5. The second kappa shape index (κ2) is 14.0. The number of benzene rings is 2. The fourth-order valence-corrected chi connectivity index (χ4v) is 4.02. The van der Waals surface area contributed by atoms with Crippen LogP contribution in [-0.4, -0.2) is 37.7 Å². The van der Waals surface area contributed by atoms with E-state index in [-0.39, 0.29) is 30.6 Å². The smallest absolute Gasteiger partial charge is 0.138 e. The molecule has 1 N–H and O–H groups in total. The zero-order valence-corrected chi connectivity index (χ0v) is 19.8. The quantitative estimate of drug-likeness (QED) is 0.418. The van der Waals surface area contributed by atoms with E-state index in [1.54, 1.807) is 12.1 Å². The van der Waals surface area contributed by atoms with Gasteiger partial charge in [-0.25, -0.2) is 4.39 Å². The third-order valence-electron chi connectivity index (χ3n) is 5.36. The van der Waals surface area contributed by atoms with Crippen LogP contribution in [0.3, 0.4) is 0 Å². The molecule has 0 radical (unpaired) electrons. The Morgan fingerprint density at radius 3 is 2.43 bits per heavy atom. The minimum absolute atomic E-state index is 0. The van der Waals surface area contributed by atoms with Gasteiger partial charge in [0.25, 0.3) is 0 Å². The maximum Gasteiger partial charge on any atom is 0.138 e. The molecule has 0 amide bonds. The van der Waals surface area contributed by atoms with Gasteiger partial charge in [-0.1, -0.05) is 23.7 Å². The molecule has 0 spiro atoms. The van der Waals surface area contributed by atoms with Crippen LogP contribution < -0.4 is 10.1 Å². The highest BCUT2D eigenvalue weighted by molar-refractivity contribution is 6.32. The largest absolute Gasteiger partial charge is 0.492 e. The molecule has 0 unspecified atom stereocenters. The number of hydrogen-bond donors (Lipinski definition) is 1. The van der Waals surface area contributed by atoms with Gasteiger partial charge in [0.2, 0.25) is 0 Å². The lowest BCUT2D eigenvalue weighted by molar-refractivity contribution is 0.183. The van der Waals surface area contributed by atoms with Crippen LogP contribution in [0.25, 0.3) is 0 Å². The first kappa shape index (κ1) is 26.8. The summed E-state index contributed by atoms with van der Waals surface area (Å²) in [5.41, 5.74) is 2.28. The molecule has 2 aromatic carbocycles. The van der Waals surface area contributed by atoms with Crippen molar-refractivity contribution < 1.29 is 9.13 Å². The SMILES string of the molecule is CCOc1ccc(NCCCN2CCC(Cc3ccc(F)cc3)CC2)cc1Cl.Cl.Cl. The molecule has 0 aromatic heterocycles. The Kier molecular flexibility index (Phi) is 12.5. The molecule has 3 nitrogen and oxygen atoms in total. The summed E-state index contributed by atoms with van der Waals surface area (Å²) in [5.74, 6) is 1.30. The number of rotatable bonds is 9. The number of nitrogens with one attached hydrogen (secondary N) is 1. The molecule has 1 aliphatic heterocycles. The van der Waals surface area contributed by atoms with Gasteiger partial charge in [0.1, 0.15) is 11.6 Å². The number of anilines is 1. The molecule has 30 heavy (non-hydrogen) atoms. The highest BCUT2D eigenvalue weighted by atomic mass is 35.5. The van der Waals surface area contributed by atoms with Gasteiger partial charge in [-0.2, -0.15) is 0 Å². The van der Waals surface area contributed by atoms with E-state index < -0.39 is 0 Å². The summed E-state index contributed by atoms with van der Waals surface area (Å²) in [6.45, 7) is 6.92. The molecule has 1 saturated heterocycles. The highest BCUT2D eigenvalue weighted by Crippen LogP contribution is 2.27. The van der Waals surface area contributed by atoms with Gasteiger partial charge in [-0.3, -0.25) is 0 Å². The standard InChI is InChI=1S/C23H30ClFN2O.2ClH/c1-2-28-23-9-8-21(17-22(23)24)26-12-3-13-27-14-10-19(11-15-27)16-18-4-6-20(25)7-5-18;;/h4-9,17,19,26H,2-3,10-16H2,1H3;2*1H. The Morgan fingerprint density at radius 2 is 1.80 bits per heavy atom. The van der Waals surface area contributed by atoms with E-state index in [2.05, 4.69) is 10.2 Å². The van der Waals surface area contributed by atoms with Crippen molar-refractivity contribution in [2.45, 2.75) is 32.6 Å². The minimum atomic E-state index is -0.153. The minimum Gasteiger partial charge on any atom is -0.492 e. The van der Waals surface area contributed by atoms with Crippen molar-refractivity contribution in [3.8, 4) is 5.75 Å². The maximum atomic E-state index is 13.0. The topological polar surface area (TPSA) is 24.5 Å². The lowest BCUT2D eigenvalue weighted by atomic mass is 9.90. The third-order valence-corrected chi connectivity index (χ3v) is 5.65. The average Bonchev–Trinajstić information content (AvgIpc) is 2.70. The van der Waals surface area contributed by atoms with E-state index in [0.717, 1.165) is 50.5 Å². The third kappa shape index (κ3) is 8.50. The van der Waals surface area contributed by atoms with Crippen LogP contribution in [0.2, 0.25) is 5.02 Å². The van der Waals surface area contributed by atoms with Gasteiger partial charge in [0, 0.05) is 12.2 Å². The van der Waals surface area contributed by atoms with Gasteiger partial charge in [0.15, 0.2) is 0 Å². The lowest BCUT2D eigenvalue weighted by Gasteiger charge is -2.32. The fourth-order valence-electron chi connectivity index (χ4n) is 3.79. The summed E-state index contributed by atoms with van der Waals surface area (Å²) in [7, 11) is 0. The Labute approximate surface area is 197 Å². The van der Waals surface area contributed by atoms with Crippen molar-refractivity contribution in [3.63, 3.8) is 0 Å². The molecule has 0 bridgehead atoms. The highest BCUT2D eigenvalue weighted by Gasteiger charge is 2.19. The van der Waals surface area contributed by atoms with E-state index in [1.807, 2.05) is 37.3 Å². The molecule has 2 aromatic rings. The number of likely N-dealkylation sites (tertiary alicyclic amines) is 1. The van der Waals surface area contributed by atoms with Crippen LogP contribution in [0.15, 0.2) is 42.5 Å². The average molecular weight is 478 g/mol. The number of ether oxygens (including phenoxy) is 1. The molecule has 1 fully saturated rings. The van der Waals surface area contributed by atoms with Crippen LogP contribution >= 0.6 is 36.4 Å². The fraction of sp³-hybridized carbons (Fsp3) is 0.478. The summed E-state index contributed by atoms with van der Waals surface area (Å²) < 4.78 is 18.5. The van der Waals surface area contributed by atoms with Crippen LogP contribution in [0.1, 0.15) is 31.7 Å². The Morgan fingerprint density at radius 1 is 1.10 bits per heavy atom.